The highest BCUT2D eigenvalue weighted by Crippen LogP contribution is 2.16. The fraction of sp³-hybridized carbons (Fsp3) is 0.400. The van der Waals surface area contributed by atoms with Crippen molar-refractivity contribution in [2.75, 3.05) is 7.11 Å². The molecule has 14 heavy (non-hydrogen) atoms. The Hall–Kier alpha value is -0.300. The van der Waals surface area contributed by atoms with E-state index in [-0.39, 0.29) is 12.4 Å². The van der Waals surface area contributed by atoms with Crippen molar-refractivity contribution in [2.45, 2.75) is 20.0 Å². The molecule has 1 aromatic carbocycles. The van der Waals surface area contributed by atoms with Crippen molar-refractivity contribution in [3.8, 4) is 5.75 Å². The molecule has 0 spiro atoms. The number of hydrogen-bond donors (Lipinski definition) is 0. The van der Waals surface area contributed by atoms with Gasteiger partial charge in [0.15, 0.2) is 0 Å². The van der Waals surface area contributed by atoms with Crippen LogP contribution in [0.15, 0.2) is 24.3 Å². The van der Waals surface area contributed by atoms with Gasteiger partial charge in [-0.3, -0.25) is 0 Å². The smallest absolute Gasteiger partial charge is 0.118 e. The minimum atomic E-state index is 0. The van der Waals surface area contributed by atoms with Crippen molar-refractivity contribution in [3.05, 3.63) is 24.3 Å². The Kier molecular flexibility index (Phi) is 6.90. The lowest BCUT2D eigenvalue weighted by Crippen LogP contribution is -2.00. The molecule has 0 saturated carbocycles. The van der Waals surface area contributed by atoms with E-state index in [1.807, 2.05) is 38.1 Å². The Morgan fingerprint density at radius 2 is 1.71 bits per heavy atom. The van der Waals surface area contributed by atoms with E-state index in [1.54, 1.807) is 7.11 Å². The van der Waals surface area contributed by atoms with E-state index in [9.17, 15) is 0 Å². The molecule has 0 saturated heterocycles. The summed E-state index contributed by atoms with van der Waals surface area (Å²) < 4.78 is 10.5. The first-order valence-electron chi connectivity index (χ1n) is 4.28. The summed E-state index contributed by atoms with van der Waals surface area (Å²) in [4.78, 5) is 0. The molecule has 0 aliphatic rings. The lowest BCUT2D eigenvalue weighted by atomic mass is 10.3. The third-order valence-corrected chi connectivity index (χ3v) is 2.66. The van der Waals surface area contributed by atoms with Crippen molar-refractivity contribution in [1.29, 1.82) is 0 Å². The fourth-order valence-corrected chi connectivity index (χ4v) is 1.52. The van der Waals surface area contributed by atoms with E-state index in [2.05, 4.69) is 0 Å². The lowest BCUT2D eigenvalue weighted by molar-refractivity contribution is 0.282. The van der Waals surface area contributed by atoms with Crippen LogP contribution in [0, 0.1) is 0 Å². The van der Waals surface area contributed by atoms with E-state index >= 15 is 0 Å². The molecule has 1 rings (SSSR count). The average molecular weight is 235 g/mol. The van der Waals surface area contributed by atoms with E-state index in [4.69, 9.17) is 9.26 Å². The quantitative estimate of drug-likeness (QED) is 0.746. The van der Waals surface area contributed by atoms with Gasteiger partial charge in [-0.05, 0) is 43.4 Å². The molecule has 2 nitrogen and oxygen atoms in total. The van der Waals surface area contributed by atoms with Crippen LogP contribution < -0.4 is 10.0 Å². The topological polar surface area (TPSA) is 18.5 Å². The Bertz CT molecular complexity index is 249. The second kappa shape index (κ2) is 7.05. The molecule has 1 aromatic rings. The number of halogens is 1. The summed E-state index contributed by atoms with van der Waals surface area (Å²) in [5.41, 5.74) is 0. The molecule has 0 heterocycles. The number of ether oxygens (including phenoxy) is 1. The van der Waals surface area contributed by atoms with Gasteiger partial charge in [0.1, 0.15) is 5.75 Å². The summed E-state index contributed by atoms with van der Waals surface area (Å²) in [5, 5.41) is 1.20. The molecule has 1 unspecified atom stereocenters. The van der Waals surface area contributed by atoms with Crippen molar-refractivity contribution in [1.82, 2.24) is 0 Å². The molecule has 1 atom stereocenters. The standard InChI is InChI=1S/C10H15O2P.ClH/c1-8(2)12-13-10-6-4-9(11-3)5-7-10;/h4-8,13H,1-3H3;1H. The van der Waals surface area contributed by atoms with Gasteiger partial charge < -0.3 is 9.26 Å². The predicted octanol–water partition coefficient (Wildman–Crippen LogP) is 2.76. The monoisotopic (exact) mass is 234 g/mol. The molecule has 0 aromatic heterocycles. The Balaban J connectivity index is 0.00000169. The first kappa shape index (κ1) is 13.7. The van der Waals surface area contributed by atoms with Crippen LogP contribution in [-0.2, 0) is 4.52 Å². The Morgan fingerprint density at radius 3 is 2.14 bits per heavy atom. The molecule has 0 fully saturated rings. The van der Waals surface area contributed by atoms with Crippen LogP contribution in [0.4, 0.5) is 0 Å². The maximum Gasteiger partial charge on any atom is 0.118 e. The molecule has 0 bridgehead atoms. The molecule has 4 heteroatoms. The minimum absolute atomic E-state index is 0. The fourth-order valence-electron chi connectivity index (χ4n) is 0.845. The maximum atomic E-state index is 5.49. The van der Waals surface area contributed by atoms with E-state index in [0.717, 1.165) is 5.75 Å². The summed E-state index contributed by atoms with van der Waals surface area (Å²) in [5.74, 6) is 0.887. The van der Waals surface area contributed by atoms with Gasteiger partial charge in [-0.2, -0.15) is 0 Å². The maximum absolute atomic E-state index is 5.49. The predicted molar refractivity (Wildman–Crippen MR) is 64.4 cm³/mol. The van der Waals surface area contributed by atoms with Crippen molar-refractivity contribution in [3.63, 3.8) is 0 Å². The van der Waals surface area contributed by atoms with Crippen LogP contribution in [0.2, 0.25) is 0 Å². The summed E-state index contributed by atoms with van der Waals surface area (Å²) in [6, 6.07) is 7.96. The zero-order valence-electron chi connectivity index (χ0n) is 8.61. The van der Waals surface area contributed by atoms with Gasteiger partial charge in [-0.15, -0.1) is 12.4 Å². The first-order chi connectivity index (χ1) is 6.22. The molecule has 0 amide bonds. The van der Waals surface area contributed by atoms with Crippen LogP contribution in [-0.4, -0.2) is 13.2 Å². The van der Waals surface area contributed by atoms with Crippen LogP contribution in [0.3, 0.4) is 0 Å². The number of methoxy groups -OCH3 is 1. The van der Waals surface area contributed by atoms with Gasteiger partial charge in [0.25, 0.3) is 0 Å². The molecular formula is C10H16ClO2P. The first-order valence-corrected chi connectivity index (χ1v) is 5.19. The molecule has 0 N–H and O–H groups in total. The minimum Gasteiger partial charge on any atom is -0.497 e. The van der Waals surface area contributed by atoms with Gasteiger partial charge in [0, 0.05) is 8.81 Å². The van der Waals surface area contributed by atoms with Crippen LogP contribution in [0.5, 0.6) is 5.75 Å². The molecule has 0 aliphatic carbocycles. The number of rotatable bonds is 4. The summed E-state index contributed by atoms with van der Waals surface area (Å²) in [7, 11) is 2.10. The lowest BCUT2D eigenvalue weighted by Gasteiger charge is -2.07. The van der Waals surface area contributed by atoms with Crippen molar-refractivity contribution in [2.24, 2.45) is 0 Å². The number of benzene rings is 1. The van der Waals surface area contributed by atoms with Gasteiger partial charge in [-0.1, -0.05) is 0 Å². The summed E-state index contributed by atoms with van der Waals surface area (Å²) in [6.45, 7) is 4.08. The molecule has 0 radical (unpaired) electrons. The Morgan fingerprint density at radius 1 is 1.14 bits per heavy atom. The largest absolute Gasteiger partial charge is 0.497 e. The number of hydrogen-bond acceptors (Lipinski definition) is 2. The third kappa shape index (κ3) is 4.80. The molecule has 80 valence electrons. The van der Waals surface area contributed by atoms with Crippen molar-refractivity contribution < 1.29 is 9.26 Å². The van der Waals surface area contributed by atoms with E-state index < -0.39 is 0 Å². The van der Waals surface area contributed by atoms with Gasteiger partial charge in [-0.25, -0.2) is 0 Å². The van der Waals surface area contributed by atoms with Gasteiger partial charge in [0.2, 0.25) is 0 Å². The summed E-state index contributed by atoms with van der Waals surface area (Å²) in [6.07, 6.45) is 0.292. The normalized spacial score (nSPS) is 10.6. The molecule has 0 aliphatic heterocycles. The van der Waals surface area contributed by atoms with Crippen LogP contribution >= 0.6 is 21.2 Å². The molecular weight excluding hydrogens is 219 g/mol. The second-order valence-corrected chi connectivity index (χ2v) is 4.01. The van der Waals surface area contributed by atoms with Crippen molar-refractivity contribution >= 4 is 26.5 Å². The average Bonchev–Trinajstić information content (AvgIpc) is 2.15. The van der Waals surface area contributed by atoms with E-state index in [1.165, 1.54) is 5.30 Å². The highest BCUT2D eigenvalue weighted by molar-refractivity contribution is 7.41. The Labute approximate surface area is 93.3 Å². The summed E-state index contributed by atoms with van der Waals surface area (Å²) >= 11 is 0. The zero-order valence-corrected chi connectivity index (χ0v) is 10.4. The van der Waals surface area contributed by atoms with E-state index in [0.29, 0.717) is 14.9 Å². The SMILES string of the molecule is COc1ccc(POC(C)C)cc1.Cl. The highest BCUT2D eigenvalue weighted by atomic mass is 35.5. The van der Waals surface area contributed by atoms with Gasteiger partial charge >= 0.3 is 0 Å². The van der Waals surface area contributed by atoms with Crippen LogP contribution in [0.25, 0.3) is 0 Å². The van der Waals surface area contributed by atoms with Crippen LogP contribution in [0.1, 0.15) is 13.8 Å². The zero-order chi connectivity index (χ0) is 9.68. The second-order valence-electron chi connectivity index (χ2n) is 3.00. The third-order valence-electron chi connectivity index (χ3n) is 1.50. The highest BCUT2D eigenvalue weighted by Gasteiger charge is 1.96. The van der Waals surface area contributed by atoms with Gasteiger partial charge in [0.05, 0.1) is 13.2 Å².